The first-order chi connectivity index (χ1) is 12.7. The number of anilines is 2. The molecule has 4 aromatic rings. The number of hydrogen-bond donors (Lipinski definition) is 1. The molecule has 0 aliphatic rings. The molecule has 0 atom stereocenters. The fourth-order valence-electron chi connectivity index (χ4n) is 2.77. The predicted octanol–water partition coefficient (Wildman–Crippen LogP) is 5.49. The van der Waals surface area contributed by atoms with Crippen LogP contribution in [0.4, 0.5) is 11.5 Å². The number of carbonyl (C=O) groups excluding carboxylic acids is 1. The second-order valence-electron chi connectivity index (χ2n) is 5.75. The average Bonchev–Trinajstić information content (AvgIpc) is 3.14. The molecule has 0 saturated carbocycles. The minimum Gasteiger partial charge on any atom is -0.465 e. The van der Waals surface area contributed by atoms with Crippen LogP contribution in [0, 0.1) is 0 Å². The number of nitrogens with zero attached hydrogens (tertiary/aromatic N) is 1. The molecular weight excluding hydrogens is 344 g/mol. The fraction of sp³-hybridized carbons (Fsp3) is 0.0476. The van der Waals surface area contributed by atoms with Crippen molar-refractivity contribution in [3.8, 4) is 11.1 Å². The SMILES string of the molecule is COC(=O)c1cc2ccnc(Nc3ccc(-c4ccccc4)cc3)c2s1. The van der Waals surface area contributed by atoms with E-state index in [1.165, 1.54) is 24.0 Å². The maximum atomic E-state index is 11.8. The molecule has 4 rings (SSSR count). The largest absolute Gasteiger partial charge is 0.465 e. The second-order valence-corrected chi connectivity index (χ2v) is 6.80. The summed E-state index contributed by atoms with van der Waals surface area (Å²) in [6.07, 6.45) is 1.73. The van der Waals surface area contributed by atoms with E-state index in [2.05, 4.69) is 34.6 Å². The van der Waals surface area contributed by atoms with E-state index in [1.807, 2.05) is 42.5 Å². The summed E-state index contributed by atoms with van der Waals surface area (Å²) in [4.78, 5) is 16.8. The van der Waals surface area contributed by atoms with E-state index in [1.54, 1.807) is 6.20 Å². The zero-order valence-corrected chi connectivity index (χ0v) is 14.9. The van der Waals surface area contributed by atoms with Gasteiger partial charge in [-0.3, -0.25) is 0 Å². The number of pyridine rings is 1. The maximum Gasteiger partial charge on any atom is 0.348 e. The molecule has 0 amide bonds. The van der Waals surface area contributed by atoms with Gasteiger partial charge in [-0.25, -0.2) is 9.78 Å². The van der Waals surface area contributed by atoms with E-state index in [0.29, 0.717) is 4.88 Å². The number of fused-ring (bicyclic) bond motifs is 1. The quantitative estimate of drug-likeness (QED) is 0.489. The number of methoxy groups -OCH3 is 1. The van der Waals surface area contributed by atoms with Gasteiger partial charge in [0.15, 0.2) is 0 Å². The molecule has 0 aliphatic heterocycles. The molecule has 2 aromatic heterocycles. The third-order valence-corrected chi connectivity index (χ3v) is 5.21. The number of nitrogens with one attached hydrogen (secondary N) is 1. The first kappa shape index (κ1) is 16.3. The molecule has 26 heavy (non-hydrogen) atoms. The number of esters is 1. The van der Waals surface area contributed by atoms with Crippen molar-refractivity contribution in [1.82, 2.24) is 4.98 Å². The molecule has 0 radical (unpaired) electrons. The minimum absolute atomic E-state index is 0.329. The summed E-state index contributed by atoms with van der Waals surface area (Å²) in [6.45, 7) is 0. The molecule has 0 bridgehead atoms. The number of ether oxygens (including phenoxy) is 1. The number of aromatic nitrogens is 1. The van der Waals surface area contributed by atoms with E-state index in [0.717, 1.165) is 27.2 Å². The van der Waals surface area contributed by atoms with Gasteiger partial charge in [-0.1, -0.05) is 42.5 Å². The number of hydrogen-bond acceptors (Lipinski definition) is 5. The van der Waals surface area contributed by atoms with Crippen LogP contribution in [-0.2, 0) is 4.74 Å². The lowest BCUT2D eigenvalue weighted by atomic mass is 10.1. The lowest BCUT2D eigenvalue weighted by molar-refractivity contribution is 0.0606. The molecule has 5 heteroatoms. The molecule has 0 saturated heterocycles. The van der Waals surface area contributed by atoms with E-state index in [4.69, 9.17) is 4.74 Å². The molecule has 2 aromatic carbocycles. The molecule has 0 unspecified atom stereocenters. The first-order valence-electron chi connectivity index (χ1n) is 8.14. The summed E-state index contributed by atoms with van der Waals surface area (Å²) in [5.74, 6) is 0.402. The van der Waals surface area contributed by atoms with Crippen molar-refractivity contribution in [2.24, 2.45) is 0 Å². The summed E-state index contributed by atoms with van der Waals surface area (Å²) >= 11 is 1.38. The van der Waals surface area contributed by atoms with Crippen LogP contribution in [0.2, 0.25) is 0 Å². The Labute approximate surface area is 155 Å². The maximum absolute atomic E-state index is 11.8. The highest BCUT2D eigenvalue weighted by Crippen LogP contribution is 2.33. The molecule has 1 N–H and O–H groups in total. The molecule has 128 valence electrons. The van der Waals surface area contributed by atoms with Gasteiger partial charge in [0.05, 0.1) is 11.8 Å². The van der Waals surface area contributed by atoms with E-state index in [-0.39, 0.29) is 5.97 Å². The van der Waals surface area contributed by atoms with Gasteiger partial charge in [0.25, 0.3) is 0 Å². The van der Waals surface area contributed by atoms with Crippen molar-refractivity contribution in [3.63, 3.8) is 0 Å². The van der Waals surface area contributed by atoms with Gasteiger partial charge < -0.3 is 10.1 Å². The summed E-state index contributed by atoms with van der Waals surface area (Å²) in [7, 11) is 1.39. The van der Waals surface area contributed by atoms with Crippen LogP contribution in [0.5, 0.6) is 0 Å². The highest BCUT2D eigenvalue weighted by Gasteiger charge is 2.13. The van der Waals surface area contributed by atoms with Crippen LogP contribution >= 0.6 is 11.3 Å². The van der Waals surface area contributed by atoms with Crippen LogP contribution in [0.15, 0.2) is 72.9 Å². The fourth-order valence-corrected chi connectivity index (χ4v) is 3.79. The Morgan fingerprint density at radius 2 is 1.73 bits per heavy atom. The van der Waals surface area contributed by atoms with Crippen molar-refractivity contribution in [2.45, 2.75) is 0 Å². The van der Waals surface area contributed by atoms with Crippen LogP contribution in [0.25, 0.3) is 21.2 Å². The van der Waals surface area contributed by atoms with Crippen LogP contribution in [-0.4, -0.2) is 18.1 Å². The number of thiophene rings is 1. The van der Waals surface area contributed by atoms with Crippen LogP contribution in [0.3, 0.4) is 0 Å². The number of carbonyl (C=O) groups is 1. The van der Waals surface area contributed by atoms with Crippen molar-refractivity contribution in [2.75, 3.05) is 12.4 Å². The minimum atomic E-state index is -0.329. The van der Waals surface area contributed by atoms with Gasteiger partial charge in [-0.15, -0.1) is 11.3 Å². The van der Waals surface area contributed by atoms with E-state index in [9.17, 15) is 4.79 Å². The lowest BCUT2D eigenvalue weighted by Gasteiger charge is -2.08. The summed E-state index contributed by atoms with van der Waals surface area (Å²) < 4.78 is 5.74. The Bertz CT molecular complexity index is 1060. The summed E-state index contributed by atoms with van der Waals surface area (Å²) in [5, 5.41) is 4.31. The normalized spacial score (nSPS) is 10.7. The molecule has 4 nitrogen and oxygen atoms in total. The zero-order chi connectivity index (χ0) is 17.9. The Balaban J connectivity index is 1.63. The molecule has 0 fully saturated rings. The Hall–Kier alpha value is -3.18. The van der Waals surface area contributed by atoms with Crippen LogP contribution in [0.1, 0.15) is 9.67 Å². The second kappa shape index (κ2) is 6.98. The topological polar surface area (TPSA) is 51.2 Å². The highest BCUT2D eigenvalue weighted by molar-refractivity contribution is 7.21. The third kappa shape index (κ3) is 3.17. The Morgan fingerprint density at radius 3 is 2.46 bits per heavy atom. The zero-order valence-electron chi connectivity index (χ0n) is 14.1. The summed E-state index contributed by atoms with van der Waals surface area (Å²) in [5.41, 5.74) is 3.28. The van der Waals surface area contributed by atoms with Crippen molar-refractivity contribution < 1.29 is 9.53 Å². The Kier molecular flexibility index (Phi) is 4.37. The van der Waals surface area contributed by atoms with E-state index < -0.39 is 0 Å². The van der Waals surface area contributed by atoms with Crippen molar-refractivity contribution >= 4 is 38.9 Å². The van der Waals surface area contributed by atoms with E-state index >= 15 is 0 Å². The van der Waals surface area contributed by atoms with Gasteiger partial charge >= 0.3 is 5.97 Å². The molecular formula is C21H16N2O2S. The smallest absolute Gasteiger partial charge is 0.348 e. The standard InChI is InChI=1S/C21H16N2O2S/c1-25-21(24)18-13-16-11-12-22-20(19(16)26-18)23-17-9-7-15(8-10-17)14-5-3-2-4-6-14/h2-13H,1H3,(H,22,23). The predicted molar refractivity (Wildman–Crippen MR) is 106 cm³/mol. The third-order valence-electron chi connectivity index (χ3n) is 4.07. The summed E-state index contributed by atoms with van der Waals surface area (Å²) in [6, 6.07) is 22.2. The monoisotopic (exact) mass is 360 g/mol. The van der Waals surface area contributed by atoms with Gasteiger partial charge in [0.2, 0.25) is 0 Å². The van der Waals surface area contributed by atoms with Crippen molar-refractivity contribution in [1.29, 1.82) is 0 Å². The van der Waals surface area contributed by atoms with Crippen molar-refractivity contribution in [3.05, 3.63) is 77.8 Å². The number of benzene rings is 2. The van der Waals surface area contributed by atoms with Gasteiger partial charge in [0, 0.05) is 11.9 Å². The Morgan fingerprint density at radius 1 is 1.00 bits per heavy atom. The lowest BCUT2D eigenvalue weighted by Crippen LogP contribution is -1.96. The van der Waals surface area contributed by atoms with Gasteiger partial charge in [-0.05, 0) is 40.8 Å². The number of rotatable bonds is 4. The van der Waals surface area contributed by atoms with Gasteiger partial charge in [0.1, 0.15) is 10.7 Å². The van der Waals surface area contributed by atoms with Gasteiger partial charge in [-0.2, -0.15) is 0 Å². The highest BCUT2D eigenvalue weighted by atomic mass is 32.1. The average molecular weight is 360 g/mol. The molecule has 0 aliphatic carbocycles. The molecule has 2 heterocycles. The molecule has 0 spiro atoms. The first-order valence-corrected chi connectivity index (χ1v) is 8.95. The van der Waals surface area contributed by atoms with Crippen LogP contribution < -0.4 is 5.32 Å².